The molecule has 1 aromatic heterocycles. The van der Waals surface area contributed by atoms with E-state index in [1.165, 1.54) is 23.0 Å². The first-order chi connectivity index (χ1) is 8.33. The molecule has 3 rings (SSSR count). The highest BCUT2D eigenvalue weighted by Crippen LogP contribution is 2.33. The fourth-order valence-corrected chi connectivity index (χ4v) is 3.13. The molecule has 0 amide bonds. The van der Waals surface area contributed by atoms with E-state index in [9.17, 15) is 0 Å². The Morgan fingerprint density at radius 1 is 1.35 bits per heavy atom. The van der Waals surface area contributed by atoms with Crippen molar-refractivity contribution in [1.29, 1.82) is 0 Å². The lowest BCUT2D eigenvalue weighted by molar-refractivity contribution is 0.498. The van der Waals surface area contributed by atoms with Gasteiger partial charge in [-0.25, -0.2) is 0 Å². The van der Waals surface area contributed by atoms with Crippen molar-refractivity contribution in [3.63, 3.8) is 0 Å². The van der Waals surface area contributed by atoms with Gasteiger partial charge in [0.25, 0.3) is 0 Å². The molecule has 90 valence electrons. The number of nitrogens with zero attached hydrogens (tertiary/aromatic N) is 1. The molecule has 0 radical (unpaired) electrons. The molecular weight excluding hydrogens is 208 g/mol. The van der Waals surface area contributed by atoms with Crippen LogP contribution in [0.5, 0.6) is 0 Å². The van der Waals surface area contributed by atoms with E-state index in [1.807, 2.05) is 0 Å². The summed E-state index contributed by atoms with van der Waals surface area (Å²) in [5, 5.41) is 5.04. The first-order valence-corrected chi connectivity index (χ1v) is 6.66. The summed E-state index contributed by atoms with van der Waals surface area (Å²) >= 11 is 0. The summed E-state index contributed by atoms with van der Waals surface area (Å²) in [4.78, 5) is 0. The van der Waals surface area contributed by atoms with E-state index in [1.54, 1.807) is 5.56 Å². The zero-order chi connectivity index (χ0) is 11.8. The van der Waals surface area contributed by atoms with Gasteiger partial charge in [0.1, 0.15) is 0 Å². The second kappa shape index (κ2) is 4.19. The van der Waals surface area contributed by atoms with Gasteiger partial charge in [0.2, 0.25) is 0 Å². The van der Waals surface area contributed by atoms with E-state index in [-0.39, 0.29) is 0 Å². The van der Waals surface area contributed by atoms with Crippen LogP contribution in [0.15, 0.2) is 24.3 Å². The molecule has 2 aromatic rings. The highest BCUT2D eigenvalue weighted by molar-refractivity contribution is 5.86. The molecule has 1 unspecified atom stereocenters. The number of benzene rings is 1. The van der Waals surface area contributed by atoms with Gasteiger partial charge in [0.15, 0.2) is 0 Å². The van der Waals surface area contributed by atoms with Crippen molar-refractivity contribution in [2.45, 2.75) is 39.3 Å². The fourth-order valence-electron chi connectivity index (χ4n) is 3.13. The summed E-state index contributed by atoms with van der Waals surface area (Å²) in [6.07, 6.45) is 2.36. The Balaban J connectivity index is 2.31. The van der Waals surface area contributed by atoms with E-state index in [4.69, 9.17) is 0 Å². The molecule has 0 bridgehead atoms. The Hall–Kier alpha value is -1.28. The molecule has 1 aliphatic rings. The van der Waals surface area contributed by atoms with Gasteiger partial charge in [-0.3, -0.25) is 0 Å². The van der Waals surface area contributed by atoms with Crippen LogP contribution in [0.2, 0.25) is 0 Å². The lowest BCUT2D eigenvalue weighted by atomic mass is 10.0. The molecule has 0 aliphatic carbocycles. The predicted molar refractivity (Wildman–Crippen MR) is 72.4 cm³/mol. The molecule has 17 heavy (non-hydrogen) atoms. The topological polar surface area (TPSA) is 17.0 Å². The van der Waals surface area contributed by atoms with Gasteiger partial charge >= 0.3 is 0 Å². The van der Waals surface area contributed by atoms with Crippen LogP contribution in [0.25, 0.3) is 10.9 Å². The van der Waals surface area contributed by atoms with Gasteiger partial charge in [-0.2, -0.15) is 0 Å². The maximum Gasteiger partial charge on any atom is 0.0485 e. The second-order valence-electron chi connectivity index (χ2n) is 4.96. The summed E-state index contributed by atoms with van der Waals surface area (Å²) in [5.74, 6) is 0. The number of para-hydroxylation sites is 1. The van der Waals surface area contributed by atoms with E-state index >= 15 is 0 Å². The fraction of sp³-hybridized carbons (Fsp3) is 0.467. The van der Waals surface area contributed by atoms with Gasteiger partial charge in [0.05, 0.1) is 0 Å². The maximum absolute atomic E-state index is 3.58. The Labute approximate surface area is 103 Å². The van der Waals surface area contributed by atoms with Gasteiger partial charge < -0.3 is 9.88 Å². The van der Waals surface area contributed by atoms with Crippen molar-refractivity contribution in [3.8, 4) is 0 Å². The van der Waals surface area contributed by atoms with Crippen molar-refractivity contribution in [2.24, 2.45) is 0 Å². The van der Waals surface area contributed by atoms with Crippen molar-refractivity contribution >= 4 is 10.9 Å². The summed E-state index contributed by atoms with van der Waals surface area (Å²) in [6, 6.07) is 9.33. The maximum atomic E-state index is 3.58. The third kappa shape index (κ3) is 1.59. The van der Waals surface area contributed by atoms with E-state index in [0.717, 1.165) is 19.5 Å². The molecular formula is C15H20N2. The van der Waals surface area contributed by atoms with Gasteiger partial charge in [0, 0.05) is 29.2 Å². The molecule has 0 saturated carbocycles. The first kappa shape index (κ1) is 10.8. The number of aromatic nitrogens is 1. The number of hydrogen-bond acceptors (Lipinski definition) is 1. The zero-order valence-corrected chi connectivity index (χ0v) is 10.7. The minimum Gasteiger partial charge on any atom is -0.343 e. The Morgan fingerprint density at radius 2 is 2.18 bits per heavy atom. The Bertz CT molecular complexity index is 539. The van der Waals surface area contributed by atoms with Crippen molar-refractivity contribution in [3.05, 3.63) is 35.5 Å². The minimum atomic E-state index is 0.484. The summed E-state index contributed by atoms with van der Waals surface area (Å²) in [6.45, 7) is 6.77. The van der Waals surface area contributed by atoms with Gasteiger partial charge in [-0.1, -0.05) is 25.1 Å². The SMILES string of the molecule is CCCn1c2c(c3ccccc31)CCNC2C. The smallest absolute Gasteiger partial charge is 0.0485 e. The van der Waals surface area contributed by atoms with E-state index < -0.39 is 0 Å². The van der Waals surface area contributed by atoms with Gasteiger partial charge in [-0.15, -0.1) is 0 Å². The predicted octanol–water partition coefficient (Wildman–Crippen LogP) is 3.26. The zero-order valence-electron chi connectivity index (χ0n) is 10.7. The minimum absolute atomic E-state index is 0.484. The standard InChI is InChI=1S/C15H20N2/c1-3-10-17-14-7-5-4-6-12(14)13-8-9-16-11(2)15(13)17/h4-7,11,16H,3,8-10H2,1-2H3. The number of fused-ring (bicyclic) bond motifs is 3. The Morgan fingerprint density at radius 3 is 3.00 bits per heavy atom. The summed E-state index contributed by atoms with van der Waals surface area (Å²) in [7, 11) is 0. The molecule has 0 fully saturated rings. The van der Waals surface area contributed by atoms with Crippen LogP contribution in [0.3, 0.4) is 0 Å². The molecule has 1 N–H and O–H groups in total. The third-order valence-electron chi connectivity index (χ3n) is 3.80. The van der Waals surface area contributed by atoms with Crippen LogP contribution < -0.4 is 5.32 Å². The van der Waals surface area contributed by atoms with Crippen LogP contribution >= 0.6 is 0 Å². The molecule has 2 nitrogen and oxygen atoms in total. The van der Waals surface area contributed by atoms with Gasteiger partial charge in [-0.05, 0) is 37.9 Å². The number of aryl methyl sites for hydroxylation is 1. The highest BCUT2D eigenvalue weighted by atomic mass is 15.1. The van der Waals surface area contributed by atoms with Crippen LogP contribution in [0.1, 0.15) is 37.6 Å². The van der Waals surface area contributed by atoms with Crippen LogP contribution in [-0.4, -0.2) is 11.1 Å². The number of hydrogen-bond donors (Lipinski definition) is 1. The number of rotatable bonds is 2. The second-order valence-corrected chi connectivity index (χ2v) is 4.96. The average Bonchev–Trinajstić information content (AvgIpc) is 2.67. The molecule has 1 aromatic carbocycles. The highest BCUT2D eigenvalue weighted by Gasteiger charge is 2.23. The third-order valence-corrected chi connectivity index (χ3v) is 3.80. The van der Waals surface area contributed by atoms with Crippen molar-refractivity contribution in [2.75, 3.05) is 6.54 Å². The van der Waals surface area contributed by atoms with Crippen LogP contribution in [0.4, 0.5) is 0 Å². The molecule has 2 heterocycles. The largest absolute Gasteiger partial charge is 0.343 e. The van der Waals surface area contributed by atoms with E-state index in [2.05, 4.69) is 48.0 Å². The molecule has 1 atom stereocenters. The molecule has 0 spiro atoms. The lowest BCUT2D eigenvalue weighted by Gasteiger charge is -2.23. The van der Waals surface area contributed by atoms with E-state index in [0.29, 0.717) is 6.04 Å². The normalized spacial score (nSPS) is 19.5. The summed E-state index contributed by atoms with van der Waals surface area (Å²) in [5.41, 5.74) is 4.49. The Kier molecular flexibility index (Phi) is 2.67. The van der Waals surface area contributed by atoms with Crippen LogP contribution in [0, 0.1) is 0 Å². The van der Waals surface area contributed by atoms with Crippen LogP contribution in [-0.2, 0) is 13.0 Å². The van der Waals surface area contributed by atoms with Crippen molar-refractivity contribution in [1.82, 2.24) is 9.88 Å². The average molecular weight is 228 g/mol. The quantitative estimate of drug-likeness (QED) is 0.835. The lowest BCUT2D eigenvalue weighted by Crippen LogP contribution is -2.29. The van der Waals surface area contributed by atoms with Crippen molar-refractivity contribution < 1.29 is 0 Å². The first-order valence-electron chi connectivity index (χ1n) is 6.66. The summed E-state index contributed by atoms with van der Waals surface area (Å²) < 4.78 is 2.52. The molecule has 1 aliphatic heterocycles. The number of nitrogens with one attached hydrogen (secondary N) is 1. The molecule has 2 heteroatoms. The molecule has 0 saturated heterocycles. The monoisotopic (exact) mass is 228 g/mol.